The van der Waals surface area contributed by atoms with E-state index < -0.39 is 5.97 Å². The summed E-state index contributed by atoms with van der Waals surface area (Å²) in [6.45, 7) is 4.16. The highest BCUT2D eigenvalue weighted by Crippen LogP contribution is 2.36. The van der Waals surface area contributed by atoms with Gasteiger partial charge in [0, 0.05) is 12.8 Å². The van der Waals surface area contributed by atoms with Gasteiger partial charge in [-0.2, -0.15) is 0 Å². The number of carboxylic acids is 1. The van der Waals surface area contributed by atoms with Crippen LogP contribution in [0.3, 0.4) is 0 Å². The highest BCUT2D eigenvalue weighted by molar-refractivity contribution is 5.70. The molecule has 1 fully saturated rings. The summed E-state index contributed by atoms with van der Waals surface area (Å²) in [6.07, 6.45) is 5.97. The largest absolute Gasteiger partial charge is 0.481 e. The number of carbonyl (C=O) groups is 2. The van der Waals surface area contributed by atoms with Gasteiger partial charge in [-0.3, -0.25) is 9.59 Å². The molecule has 0 aliphatic heterocycles. The first-order valence-corrected chi connectivity index (χ1v) is 6.88. The van der Waals surface area contributed by atoms with E-state index in [0.717, 1.165) is 19.3 Å². The lowest BCUT2D eigenvalue weighted by Gasteiger charge is -2.39. The molecule has 1 N–H and O–H groups in total. The van der Waals surface area contributed by atoms with Crippen LogP contribution in [0, 0.1) is 5.92 Å². The molecule has 0 heterocycles. The molecular formula is C14H24O4. The fourth-order valence-corrected chi connectivity index (χ4v) is 2.49. The van der Waals surface area contributed by atoms with Crippen LogP contribution in [0.1, 0.15) is 65.2 Å². The van der Waals surface area contributed by atoms with Crippen molar-refractivity contribution >= 4 is 11.9 Å². The molecule has 104 valence electrons. The lowest BCUT2D eigenvalue weighted by atomic mass is 9.77. The summed E-state index contributed by atoms with van der Waals surface area (Å²) in [6, 6.07) is 0. The molecule has 1 rings (SSSR count). The van der Waals surface area contributed by atoms with Gasteiger partial charge >= 0.3 is 11.9 Å². The maximum Gasteiger partial charge on any atom is 0.306 e. The lowest BCUT2D eigenvalue weighted by molar-refractivity contribution is -0.167. The van der Waals surface area contributed by atoms with E-state index in [1.165, 1.54) is 6.42 Å². The monoisotopic (exact) mass is 256 g/mol. The number of hydrogen-bond acceptors (Lipinski definition) is 3. The van der Waals surface area contributed by atoms with Crippen LogP contribution in [0.25, 0.3) is 0 Å². The Morgan fingerprint density at radius 1 is 1.28 bits per heavy atom. The van der Waals surface area contributed by atoms with Crippen molar-refractivity contribution in [1.82, 2.24) is 0 Å². The summed E-state index contributed by atoms with van der Waals surface area (Å²) in [5.41, 5.74) is -0.317. The molecule has 0 radical (unpaired) electrons. The molecular weight excluding hydrogens is 232 g/mol. The van der Waals surface area contributed by atoms with Crippen LogP contribution in [-0.2, 0) is 14.3 Å². The zero-order valence-corrected chi connectivity index (χ0v) is 11.4. The van der Waals surface area contributed by atoms with Gasteiger partial charge in [-0.05, 0) is 44.9 Å². The lowest BCUT2D eigenvalue weighted by Crippen LogP contribution is -2.40. The minimum Gasteiger partial charge on any atom is -0.481 e. The SMILES string of the molecule is CC1CCCCC1(C)OC(=O)CCCCC(=O)O. The molecule has 1 aliphatic rings. The Morgan fingerprint density at radius 2 is 1.94 bits per heavy atom. The Labute approximate surface area is 109 Å². The van der Waals surface area contributed by atoms with Gasteiger partial charge in [-0.15, -0.1) is 0 Å². The molecule has 0 bridgehead atoms. The van der Waals surface area contributed by atoms with Gasteiger partial charge in [0.05, 0.1) is 0 Å². The quantitative estimate of drug-likeness (QED) is 0.585. The molecule has 0 aromatic carbocycles. The molecule has 2 unspecified atom stereocenters. The first kappa shape index (κ1) is 15.0. The zero-order chi connectivity index (χ0) is 13.6. The van der Waals surface area contributed by atoms with Crippen LogP contribution in [0.5, 0.6) is 0 Å². The third-order valence-electron chi connectivity index (χ3n) is 3.97. The minimum atomic E-state index is -0.809. The number of carbonyl (C=O) groups excluding carboxylic acids is 1. The number of unbranched alkanes of at least 4 members (excludes halogenated alkanes) is 1. The number of carboxylic acid groups (broad SMARTS) is 1. The van der Waals surface area contributed by atoms with E-state index in [2.05, 4.69) is 6.92 Å². The van der Waals surface area contributed by atoms with Crippen molar-refractivity contribution in [1.29, 1.82) is 0 Å². The van der Waals surface area contributed by atoms with Crippen molar-refractivity contribution in [3.05, 3.63) is 0 Å². The van der Waals surface area contributed by atoms with Crippen LogP contribution in [0.15, 0.2) is 0 Å². The summed E-state index contributed by atoms with van der Waals surface area (Å²) in [4.78, 5) is 22.1. The average molecular weight is 256 g/mol. The van der Waals surface area contributed by atoms with E-state index in [9.17, 15) is 9.59 Å². The van der Waals surface area contributed by atoms with E-state index in [4.69, 9.17) is 9.84 Å². The summed E-state index contributed by atoms with van der Waals surface area (Å²) < 4.78 is 5.61. The predicted molar refractivity (Wildman–Crippen MR) is 68.2 cm³/mol. The Hall–Kier alpha value is -1.06. The molecule has 0 spiro atoms. The Kier molecular flexibility index (Phi) is 5.63. The number of rotatable bonds is 6. The van der Waals surface area contributed by atoms with Gasteiger partial charge in [-0.1, -0.05) is 13.3 Å². The molecule has 0 amide bonds. The second kappa shape index (κ2) is 6.76. The van der Waals surface area contributed by atoms with E-state index >= 15 is 0 Å². The van der Waals surface area contributed by atoms with Gasteiger partial charge in [0.25, 0.3) is 0 Å². The smallest absolute Gasteiger partial charge is 0.306 e. The minimum absolute atomic E-state index is 0.126. The van der Waals surface area contributed by atoms with Crippen molar-refractivity contribution in [3.63, 3.8) is 0 Å². The summed E-state index contributed by atoms with van der Waals surface area (Å²) >= 11 is 0. The summed E-state index contributed by atoms with van der Waals surface area (Å²) in [5, 5.41) is 8.50. The van der Waals surface area contributed by atoms with Crippen molar-refractivity contribution in [3.8, 4) is 0 Å². The molecule has 0 aromatic rings. The molecule has 4 nitrogen and oxygen atoms in total. The van der Waals surface area contributed by atoms with Gasteiger partial charge in [-0.25, -0.2) is 0 Å². The first-order valence-electron chi connectivity index (χ1n) is 6.88. The second-order valence-electron chi connectivity index (χ2n) is 5.53. The Morgan fingerprint density at radius 3 is 2.56 bits per heavy atom. The molecule has 18 heavy (non-hydrogen) atoms. The predicted octanol–water partition coefficient (Wildman–Crippen LogP) is 3.14. The van der Waals surface area contributed by atoms with Crippen LogP contribution in [-0.4, -0.2) is 22.6 Å². The van der Waals surface area contributed by atoms with Crippen LogP contribution >= 0.6 is 0 Å². The molecule has 1 aliphatic carbocycles. The van der Waals surface area contributed by atoms with Crippen LogP contribution in [0.4, 0.5) is 0 Å². The second-order valence-corrected chi connectivity index (χ2v) is 5.53. The zero-order valence-electron chi connectivity index (χ0n) is 11.4. The third kappa shape index (κ3) is 4.67. The molecule has 4 heteroatoms. The van der Waals surface area contributed by atoms with E-state index in [-0.39, 0.29) is 18.0 Å². The van der Waals surface area contributed by atoms with Crippen molar-refractivity contribution in [2.24, 2.45) is 5.92 Å². The van der Waals surface area contributed by atoms with Crippen molar-refractivity contribution in [2.75, 3.05) is 0 Å². The molecule has 0 aromatic heterocycles. The van der Waals surface area contributed by atoms with Crippen molar-refractivity contribution in [2.45, 2.75) is 70.8 Å². The van der Waals surface area contributed by atoms with Gasteiger partial charge in [0.2, 0.25) is 0 Å². The highest BCUT2D eigenvalue weighted by Gasteiger charge is 2.36. The van der Waals surface area contributed by atoms with E-state index in [0.29, 0.717) is 25.2 Å². The molecule has 1 saturated carbocycles. The fourth-order valence-electron chi connectivity index (χ4n) is 2.49. The maximum absolute atomic E-state index is 11.7. The van der Waals surface area contributed by atoms with Crippen LogP contribution < -0.4 is 0 Å². The number of aliphatic carboxylic acids is 1. The Bertz CT molecular complexity index is 300. The number of hydrogen-bond donors (Lipinski definition) is 1. The molecule has 0 saturated heterocycles. The number of ether oxygens (including phenoxy) is 1. The van der Waals surface area contributed by atoms with Gasteiger partial charge in [0.15, 0.2) is 0 Å². The van der Waals surface area contributed by atoms with Gasteiger partial charge < -0.3 is 9.84 Å². The fraction of sp³-hybridized carbons (Fsp3) is 0.857. The standard InChI is InChI=1S/C14H24O4/c1-11-7-5-6-10-14(11,2)18-13(17)9-4-3-8-12(15)16/h11H,3-10H2,1-2H3,(H,15,16). The van der Waals surface area contributed by atoms with Crippen LogP contribution in [0.2, 0.25) is 0 Å². The Balaban J connectivity index is 2.28. The summed E-state index contributed by atoms with van der Waals surface area (Å²) in [5.74, 6) is -0.581. The highest BCUT2D eigenvalue weighted by atomic mass is 16.6. The van der Waals surface area contributed by atoms with Gasteiger partial charge in [0.1, 0.15) is 5.60 Å². The van der Waals surface area contributed by atoms with E-state index in [1.54, 1.807) is 0 Å². The normalized spacial score (nSPS) is 27.8. The molecule has 2 atom stereocenters. The summed E-state index contributed by atoms with van der Waals surface area (Å²) in [7, 11) is 0. The maximum atomic E-state index is 11.7. The third-order valence-corrected chi connectivity index (χ3v) is 3.97. The van der Waals surface area contributed by atoms with Crippen molar-refractivity contribution < 1.29 is 19.4 Å². The van der Waals surface area contributed by atoms with E-state index in [1.807, 2.05) is 6.92 Å². The topological polar surface area (TPSA) is 63.6 Å². The average Bonchev–Trinajstić information content (AvgIpc) is 2.28. The first-order chi connectivity index (χ1) is 8.44. The number of esters is 1.